The van der Waals surface area contributed by atoms with Crippen LogP contribution < -0.4 is 4.90 Å². The Morgan fingerprint density at radius 1 is 1.19 bits per heavy atom. The number of carbonyl (C=O) groups excluding carboxylic acids is 2. The largest absolute Gasteiger partial charge is 0.269 e. The Morgan fingerprint density at radius 2 is 1.81 bits per heavy atom. The summed E-state index contributed by atoms with van der Waals surface area (Å²) in [6.07, 6.45) is 2.45. The molecular weight excluding hydrogens is 204 g/mol. The van der Waals surface area contributed by atoms with Crippen molar-refractivity contribution in [3.8, 4) is 6.07 Å². The zero-order valence-corrected chi connectivity index (χ0v) is 8.60. The lowest BCUT2D eigenvalue weighted by atomic mass is 10.1. The van der Waals surface area contributed by atoms with Gasteiger partial charge in [-0.05, 0) is 24.6 Å². The van der Waals surface area contributed by atoms with E-state index in [1.165, 1.54) is 18.2 Å². The van der Waals surface area contributed by atoms with E-state index in [2.05, 4.69) is 0 Å². The van der Waals surface area contributed by atoms with Crippen LogP contribution >= 0.6 is 0 Å². The summed E-state index contributed by atoms with van der Waals surface area (Å²) < 4.78 is 0. The third-order valence-corrected chi connectivity index (χ3v) is 2.39. The maximum absolute atomic E-state index is 11.5. The highest BCUT2D eigenvalue weighted by molar-refractivity contribution is 6.28. The monoisotopic (exact) mass is 212 g/mol. The number of hydrogen-bond donors (Lipinski definition) is 0. The molecule has 1 aliphatic rings. The number of amides is 2. The highest BCUT2D eigenvalue weighted by Crippen LogP contribution is 2.24. The summed E-state index contributed by atoms with van der Waals surface area (Å²) in [6.45, 7) is 1.79. The Hall–Kier alpha value is -2.41. The fourth-order valence-electron chi connectivity index (χ4n) is 1.56. The van der Waals surface area contributed by atoms with Crippen molar-refractivity contribution in [3.63, 3.8) is 0 Å². The number of carbonyl (C=O) groups is 2. The number of benzene rings is 1. The molecule has 1 aliphatic heterocycles. The Balaban J connectivity index is 2.52. The molecule has 1 aromatic rings. The van der Waals surface area contributed by atoms with Gasteiger partial charge in [-0.3, -0.25) is 9.59 Å². The number of nitrogens with zero attached hydrogens (tertiary/aromatic N) is 2. The maximum Gasteiger partial charge on any atom is 0.258 e. The highest BCUT2D eigenvalue weighted by atomic mass is 16.2. The summed E-state index contributed by atoms with van der Waals surface area (Å²) in [7, 11) is 0. The standard InChI is InChI=1S/C12H8N2O2/c1-8-2-3-9(7-13)6-10(8)14-11(15)4-5-12(14)16/h2-6H,1H3. The van der Waals surface area contributed by atoms with Gasteiger partial charge in [-0.25, -0.2) is 4.90 Å². The molecule has 0 saturated carbocycles. The second kappa shape index (κ2) is 3.63. The molecule has 0 spiro atoms. The van der Waals surface area contributed by atoms with Crippen LogP contribution in [0.4, 0.5) is 5.69 Å². The Labute approximate surface area is 92.4 Å². The lowest BCUT2D eigenvalue weighted by Gasteiger charge is -2.16. The summed E-state index contributed by atoms with van der Waals surface area (Å²) in [5, 5.41) is 8.77. The topological polar surface area (TPSA) is 61.2 Å². The van der Waals surface area contributed by atoms with E-state index in [0.717, 1.165) is 10.5 Å². The van der Waals surface area contributed by atoms with Gasteiger partial charge in [-0.15, -0.1) is 0 Å². The van der Waals surface area contributed by atoms with Crippen molar-refractivity contribution < 1.29 is 9.59 Å². The molecule has 16 heavy (non-hydrogen) atoms. The van der Waals surface area contributed by atoms with Gasteiger partial charge in [0.2, 0.25) is 0 Å². The van der Waals surface area contributed by atoms with Crippen LogP contribution in [0, 0.1) is 18.3 Å². The van der Waals surface area contributed by atoms with Crippen LogP contribution in [0.25, 0.3) is 0 Å². The van der Waals surface area contributed by atoms with Gasteiger partial charge in [0.25, 0.3) is 11.8 Å². The fourth-order valence-corrected chi connectivity index (χ4v) is 1.56. The predicted octanol–water partition coefficient (Wildman–Crippen LogP) is 1.30. The van der Waals surface area contributed by atoms with Crippen molar-refractivity contribution in [2.45, 2.75) is 6.92 Å². The first-order chi connectivity index (χ1) is 7.63. The molecule has 0 aliphatic carbocycles. The number of aryl methyl sites for hydroxylation is 1. The summed E-state index contributed by atoms with van der Waals surface area (Å²) in [5.41, 5.74) is 1.68. The van der Waals surface area contributed by atoms with Gasteiger partial charge < -0.3 is 0 Å². The fraction of sp³-hybridized carbons (Fsp3) is 0.0833. The van der Waals surface area contributed by atoms with Gasteiger partial charge in [-0.1, -0.05) is 6.07 Å². The molecule has 0 radical (unpaired) electrons. The van der Waals surface area contributed by atoms with Crippen molar-refractivity contribution in [1.29, 1.82) is 5.26 Å². The summed E-state index contributed by atoms with van der Waals surface area (Å²) in [6, 6.07) is 6.88. The van der Waals surface area contributed by atoms with Crippen molar-refractivity contribution in [2.75, 3.05) is 4.90 Å². The zero-order valence-electron chi connectivity index (χ0n) is 8.60. The van der Waals surface area contributed by atoms with Gasteiger partial charge >= 0.3 is 0 Å². The Bertz CT molecular complexity index is 535. The molecular formula is C12H8N2O2. The lowest BCUT2D eigenvalue weighted by Crippen LogP contribution is -2.30. The number of hydrogen-bond acceptors (Lipinski definition) is 3. The first-order valence-corrected chi connectivity index (χ1v) is 4.70. The molecule has 0 aromatic heterocycles. The van der Waals surface area contributed by atoms with E-state index >= 15 is 0 Å². The first kappa shape index (κ1) is 10.1. The minimum Gasteiger partial charge on any atom is -0.269 e. The van der Waals surface area contributed by atoms with E-state index in [4.69, 9.17) is 5.26 Å². The zero-order chi connectivity index (χ0) is 11.7. The van der Waals surface area contributed by atoms with Crippen LogP contribution in [0.1, 0.15) is 11.1 Å². The third-order valence-electron chi connectivity index (χ3n) is 2.39. The van der Waals surface area contributed by atoms with E-state index in [-0.39, 0.29) is 11.8 Å². The molecule has 2 amide bonds. The predicted molar refractivity (Wildman–Crippen MR) is 57.5 cm³/mol. The third kappa shape index (κ3) is 1.48. The van der Waals surface area contributed by atoms with Gasteiger partial charge in [0.05, 0.1) is 17.3 Å². The van der Waals surface area contributed by atoms with E-state index < -0.39 is 0 Å². The van der Waals surface area contributed by atoms with Crippen LogP contribution in [-0.4, -0.2) is 11.8 Å². The molecule has 0 N–H and O–H groups in total. The molecule has 0 atom stereocenters. The molecule has 0 fully saturated rings. The molecule has 78 valence electrons. The summed E-state index contributed by atoms with van der Waals surface area (Å²) in [4.78, 5) is 24.0. The summed E-state index contributed by atoms with van der Waals surface area (Å²) in [5.74, 6) is -0.744. The average molecular weight is 212 g/mol. The van der Waals surface area contributed by atoms with Crippen LogP contribution in [-0.2, 0) is 9.59 Å². The smallest absolute Gasteiger partial charge is 0.258 e. The number of nitriles is 1. The first-order valence-electron chi connectivity index (χ1n) is 4.70. The SMILES string of the molecule is Cc1ccc(C#N)cc1N1C(=O)C=CC1=O. The molecule has 0 bridgehead atoms. The van der Waals surface area contributed by atoms with Gasteiger partial charge in [0.1, 0.15) is 0 Å². The maximum atomic E-state index is 11.5. The number of imide groups is 1. The quantitative estimate of drug-likeness (QED) is 0.659. The average Bonchev–Trinajstić information content (AvgIpc) is 2.60. The number of anilines is 1. The Kier molecular flexibility index (Phi) is 2.29. The molecule has 2 rings (SSSR count). The van der Waals surface area contributed by atoms with Crippen LogP contribution in [0.3, 0.4) is 0 Å². The molecule has 4 nitrogen and oxygen atoms in total. The van der Waals surface area contributed by atoms with Crippen LogP contribution in [0.5, 0.6) is 0 Å². The van der Waals surface area contributed by atoms with Crippen molar-refractivity contribution in [1.82, 2.24) is 0 Å². The van der Waals surface area contributed by atoms with Gasteiger partial charge in [-0.2, -0.15) is 5.26 Å². The normalized spacial score (nSPS) is 14.4. The molecule has 1 aromatic carbocycles. The minimum atomic E-state index is -0.372. The second-order valence-corrected chi connectivity index (χ2v) is 3.46. The Morgan fingerprint density at radius 3 is 2.38 bits per heavy atom. The minimum absolute atomic E-state index is 0.372. The van der Waals surface area contributed by atoms with E-state index in [9.17, 15) is 9.59 Å². The molecule has 0 unspecified atom stereocenters. The van der Waals surface area contributed by atoms with Crippen LogP contribution in [0.15, 0.2) is 30.4 Å². The molecule has 4 heteroatoms. The van der Waals surface area contributed by atoms with Crippen LogP contribution in [0.2, 0.25) is 0 Å². The second-order valence-electron chi connectivity index (χ2n) is 3.46. The molecule has 1 heterocycles. The van der Waals surface area contributed by atoms with E-state index in [1.807, 2.05) is 6.07 Å². The van der Waals surface area contributed by atoms with Crippen molar-refractivity contribution >= 4 is 17.5 Å². The summed E-state index contributed by atoms with van der Waals surface area (Å²) >= 11 is 0. The highest BCUT2D eigenvalue weighted by Gasteiger charge is 2.26. The number of rotatable bonds is 1. The van der Waals surface area contributed by atoms with E-state index in [1.54, 1.807) is 19.1 Å². The van der Waals surface area contributed by atoms with E-state index in [0.29, 0.717) is 11.3 Å². The molecule has 0 saturated heterocycles. The van der Waals surface area contributed by atoms with Crippen molar-refractivity contribution in [3.05, 3.63) is 41.5 Å². The lowest BCUT2D eigenvalue weighted by molar-refractivity contribution is -0.119. The van der Waals surface area contributed by atoms with Gasteiger partial charge in [0, 0.05) is 12.2 Å². The van der Waals surface area contributed by atoms with Gasteiger partial charge in [0.15, 0.2) is 0 Å². The van der Waals surface area contributed by atoms with Crippen molar-refractivity contribution in [2.24, 2.45) is 0 Å².